The van der Waals surface area contributed by atoms with Crippen molar-refractivity contribution < 1.29 is 0 Å². The zero-order chi connectivity index (χ0) is 9.14. The van der Waals surface area contributed by atoms with Gasteiger partial charge in [-0.3, -0.25) is 0 Å². The van der Waals surface area contributed by atoms with Crippen LogP contribution in [0.25, 0.3) is 0 Å². The van der Waals surface area contributed by atoms with Crippen LogP contribution in [0.2, 0.25) is 0 Å². The molecular formula is C11H19N. The smallest absolute Gasteiger partial charge is 0.0115 e. The summed E-state index contributed by atoms with van der Waals surface area (Å²) in [6.07, 6.45) is 6.78. The highest BCUT2D eigenvalue weighted by Crippen LogP contribution is 2.37. The standard InChI is InChI=1S/C11H19N/c1-8(2)4-7-11(12)10-6-5-9(10)3/h4,7,9-10H,5-6,12H2,1-3H3/b11-7+. The van der Waals surface area contributed by atoms with Crippen LogP contribution < -0.4 is 5.73 Å². The molecule has 12 heavy (non-hydrogen) atoms. The number of nitrogens with two attached hydrogens (primary N) is 1. The first kappa shape index (κ1) is 9.37. The van der Waals surface area contributed by atoms with E-state index in [9.17, 15) is 0 Å². The highest BCUT2D eigenvalue weighted by molar-refractivity contribution is 5.17. The highest BCUT2D eigenvalue weighted by Gasteiger charge is 2.28. The minimum atomic E-state index is 0.653. The van der Waals surface area contributed by atoms with Crippen LogP contribution in [0.4, 0.5) is 0 Å². The van der Waals surface area contributed by atoms with Crippen LogP contribution >= 0.6 is 0 Å². The third-order valence-corrected chi connectivity index (χ3v) is 2.66. The van der Waals surface area contributed by atoms with Crippen molar-refractivity contribution in [3.8, 4) is 0 Å². The van der Waals surface area contributed by atoms with Crippen molar-refractivity contribution in [1.82, 2.24) is 0 Å². The van der Waals surface area contributed by atoms with E-state index < -0.39 is 0 Å². The van der Waals surface area contributed by atoms with Crippen molar-refractivity contribution in [2.45, 2.75) is 33.6 Å². The van der Waals surface area contributed by atoms with Crippen molar-refractivity contribution in [2.75, 3.05) is 0 Å². The van der Waals surface area contributed by atoms with E-state index in [0.29, 0.717) is 5.92 Å². The van der Waals surface area contributed by atoms with Gasteiger partial charge in [-0.15, -0.1) is 0 Å². The lowest BCUT2D eigenvalue weighted by atomic mass is 9.73. The van der Waals surface area contributed by atoms with Gasteiger partial charge in [0, 0.05) is 11.6 Å². The van der Waals surface area contributed by atoms with Crippen LogP contribution in [-0.2, 0) is 0 Å². The van der Waals surface area contributed by atoms with Crippen LogP contribution in [-0.4, -0.2) is 0 Å². The molecule has 0 aromatic rings. The van der Waals surface area contributed by atoms with Crippen LogP contribution in [0.3, 0.4) is 0 Å². The van der Waals surface area contributed by atoms with Crippen molar-refractivity contribution >= 4 is 0 Å². The molecule has 0 heterocycles. The molecule has 0 radical (unpaired) electrons. The predicted octanol–water partition coefficient (Wildman–Crippen LogP) is 2.84. The second-order valence-electron chi connectivity index (χ2n) is 4.07. The second kappa shape index (κ2) is 3.79. The molecule has 0 amide bonds. The molecule has 0 bridgehead atoms. The Labute approximate surface area is 75.3 Å². The Morgan fingerprint density at radius 2 is 1.92 bits per heavy atom. The number of hydrogen-bond donors (Lipinski definition) is 1. The molecule has 1 fully saturated rings. The van der Waals surface area contributed by atoms with Crippen molar-refractivity contribution in [1.29, 1.82) is 0 Å². The number of hydrogen-bond acceptors (Lipinski definition) is 1. The third kappa shape index (κ3) is 2.13. The van der Waals surface area contributed by atoms with Gasteiger partial charge in [-0.1, -0.05) is 18.6 Å². The normalized spacial score (nSPS) is 29.4. The first-order chi connectivity index (χ1) is 5.61. The average Bonchev–Trinajstić information content (AvgIpc) is 1.98. The summed E-state index contributed by atoms with van der Waals surface area (Å²) >= 11 is 0. The summed E-state index contributed by atoms with van der Waals surface area (Å²) < 4.78 is 0. The zero-order valence-corrected chi connectivity index (χ0v) is 8.30. The average molecular weight is 165 g/mol. The molecule has 68 valence electrons. The zero-order valence-electron chi connectivity index (χ0n) is 8.30. The van der Waals surface area contributed by atoms with E-state index in [1.807, 2.05) is 0 Å². The summed E-state index contributed by atoms with van der Waals surface area (Å²) in [5, 5.41) is 0. The fraction of sp³-hybridized carbons (Fsp3) is 0.636. The Morgan fingerprint density at radius 3 is 2.25 bits per heavy atom. The molecule has 2 unspecified atom stereocenters. The fourth-order valence-electron chi connectivity index (χ4n) is 1.55. The molecule has 0 aromatic heterocycles. The highest BCUT2D eigenvalue weighted by atomic mass is 14.6. The van der Waals surface area contributed by atoms with Crippen LogP contribution in [0, 0.1) is 11.8 Å². The maximum Gasteiger partial charge on any atom is 0.0115 e. The molecule has 0 saturated heterocycles. The third-order valence-electron chi connectivity index (χ3n) is 2.66. The second-order valence-corrected chi connectivity index (χ2v) is 4.07. The Hall–Kier alpha value is -0.720. The summed E-state index contributed by atoms with van der Waals surface area (Å²) in [7, 11) is 0. The van der Waals surface area contributed by atoms with E-state index >= 15 is 0 Å². The van der Waals surface area contributed by atoms with E-state index in [-0.39, 0.29) is 0 Å². The molecule has 0 aromatic carbocycles. The van der Waals surface area contributed by atoms with Gasteiger partial charge in [0.2, 0.25) is 0 Å². The van der Waals surface area contributed by atoms with Gasteiger partial charge in [0.05, 0.1) is 0 Å². The SMILES string of the molecule is CC(C)=C/C=C(/N)C1CCC1C. The molecule has 1 rings (SSSR count). The lowest BCUT2D eigenvalue weighted by Gasteiger charge is -2.34. The monoisotopic (exact) mass is 165 g/mol. The molecule has 1 saturated carbocycles. The van der Waals surface area contributed by atoms with Crippen LogP contribution in [0.1, 0.15) is 33.6 Å². The van der Waals surface area contributed by atoms with Gasteiger partial charge in [-0.25, -0.2) is 0 Å². The van der Waals surface area contributed by atoms with Gasteiger partial charge < -0.3 is 5.73 Å². The lowest BCUT2D eigenvalue weighted by molar-refractivity contribution is 0.235. The molecule has 2 atom stereocenters. The lowest BCUT2D eigenvalue weighted by Crippen LogP contribution is -2.28. The largest absolute Gasteiger partial charge is 0.402 e. The first-order valence-corrected chi connectivity index (χ1v) is 4.72. The van der Waals surface area contributed by atoms with Gasteiger partial charge in [-0.05, 0) is 38.7 Å². The predicted molar refractivity (Wildman–Crippen MR) is 53.6 cm³/mol. The minimum absolute atomic E-state index is 0.653. The van der Waals surface area contributed by atoms with E-state index in [1.165, 1.54) is 18.4 Å². The van der Waals surface area contributed by atoms with Gasteiger partial charge >= 0.3 is 0 Å². The summed E-state index contributed by atoms with van der Waals surface area (Å²) in [6.45, 7) is 6.46. The van der Waals surface area contributed by atoms with Gasteiger partial charge in [-0.2, -0.15) is 0 Å². The first-order valence-electron chi connectivity index (χ1n) is 4.72. The Balaban J connectivity index is 2.52. The Kier molecular flexibility index (Phi) is 2.96. The Morgan fingerprint density at radius 1 is 1.25 bits per heavy atom. The van der Waals surface area contributed by atoms with Gasteiger partial charge in [0.1, 0.15) is 0 Å². The quantitative estimate of drug-likeness (QED) is 0.626. The summed E-state index contributed by atoms with van der Waals surface area (Å²) in [5.41, 5.74) is 8.31. The number of rotatable bonds is 2. The van der Waals surface area contributed by atoms with Crippen molar-refractivity contribution in [2.24, 2.45) is 17.6 Å². The van der Waals surface area contributed by atoms with E-state index in [2.05, 4.69) is 32.9 Å². The molecule has 1 heteroatoms. The van der Waals surface area contributed by atoms with Crippen LogP contribution in [0.5, 0.6) is 0 Å². The minimum Gasteiger partial charge on any atom is -0.402 e. The molecular weight excluding hydrogens is 146 g/mol. The number of allylic oxidation sites excluding steroid dienone is 4. The van der Waals surface area contributed by atoms with Gasteiger partial charge in [0.15, 0.2) is 0 Å². The molecule has 0 aliphatic heterocycles. The molecule has 1 nitrogen and oxygen atoms in total. The topological polar surface area (TPSA) is 26.0 Å². The van der Waals surface area contributed by atoms with Crippen molar-refractivity contribution in [3.63, 3.8) is 0 Å². The summed E-state index contributed by atoms with van der Waals surface area (Å²) in [4.78, 5) is 0. The molecule has 2 N–H and O–H groups in total. The maximum absolute atomic E-state index is 5.93. The van der Waals surface area contributed by atoms with Crippen LogP contribution in [0.15, 0.2) is 23.4 Å². The van der Waals surface area contributed by atoms with E-state index in [0.717, 1.165) is 11.6 Å². The Bertz CT molecular complexity index is 209. The summed E-state index contributed by atoms with van der Waals surface area (Å²) in [5.74, 6) is 1.45. The molecule has 1 aliphatic carbocycles. The summed E-state index contributed by atoms with van der Waals surface area (Å²) in [6, 6.07) is 0. The van der Waals surface area contributed by atoms with Crippen molar-refractivity contribution in [3.05, 3.63) is 23.4 Å². The molecule has 0 spiro atoms. The van der Waals surface area contributed by atoms with Gasteiger partial charge in [0.25, 0.3) is 0 Å². The van der Waals surface area contributed by atoms with E-state index in [4.69, 9.17) is 5.73 Å². The fourth-order valence-corrected chi connectivity index (χ4v) is 1.55. The maximum atomic E-state index is 5.93. The van der Waals surface area contributed by atoms with E-state index in [1.54, 1.807) is 0 Å². The molecule has 1 aliphatic rings.